The molecule has 0 aromatic carbocycles. The minimum absolute atomic E-state index is 0.214. The van der Waals surface area contributed by atoms with Gasteiger partial charge >= 0.3 is 5.97 Å². The highest BCUT2D eigenvalue weighted by molar-refractivity contribution is 5.77. The number of esters is 1. The summed E-state index contributed by atoms with van der Waals surface area (Å²) in [4.78, 5) is 15.4. The Morgan fingerprint density at radius 3 is 3.38 bits per heavy atom. The average molecular weight is 181 g/mol. The van der Waals surface area contributed by atoms with E-state index in [1.807, 2.05) is 0 Å². The van der Waals surface area contributed by atoms with Crippen LogP contribution in [0.15, 0.2) is 6.33 Å². The van der Waals surface area contributed by atoms with E-state index in [9.17, 15) is 4.79 Å². The monoisotopic (exact) mass is 181 g/mol. The minimum Gasteiger partial charge on any atom is -0.468 e. The molecule has 0 saturated carbocycles. The molecular weight excluding hydrogens is 170 g/mol. The highest BCUT2D eigenvalue weighted by Gasteiger charge is 2.29. The van der Waals surface area contributed by atoms with Gasteiger partial charge in [0.1, 0.15) is 18.1 Å². The van der Waals surface area contributed by atoms with Gasteiger partial charge in [0.2, 0.25) is 0 Å². The van der Waals surface area contributed by atoms with Crippen molar-refractivity contribution in [3.63, 3.8) is 0 Å². The number of aryl methyl sites for hydroxylation is 1. The largest absolute Gasteiger partial charge is 0.468 e. The van der Waals surface area contributed by atoms with E-state index in [0.717, 1.165) is 25.2 Å². The van der Waals surface area contributed by atoms with Gasteiger partial charge in [-0.05, 0) is 12.8 Å². The van der Waals surface area contributed by atoms with Crippen LogP contribution < -0.4 is 0 Å². The molecule has 0 radical (unpaired) electrons. The number of hydrogen-bond acceptors (Lipinski definition) is 4. The lowest BCUT2D eigenvalue weighted by Gasteiger charge is -2.19. The normalized spacial score (nSPS) is 20.8. The molecule has 0 bridgehead atoms. The molecule has 1 atom stereocenters. The molecule has 0 amide bonds. The molecule has 0 aliphatic carbocycles. The number of carbonyl (C=O) groups excluding carboxylic acids is 1. The van der Waals surface area contributed by atoms with Crippen molar-refractivity contribution in [1.82, 2.24) is 14.8 Å². The first-order chi connectivity index (χ1) is 6.33. The van der Waals surface area contributed by atoms with Crippen LogP contribution in [0.5, 0.6) is 0 Å². The lowest BCUT2D eigenvalue weighted by atomic mass is 9.99. The maximum absolute atomic E-state index is 11.3. The Morgan fingerprint density at radius 2 is 2.62 bits per heavy atom. The van der Waals surface area contributed by atoms with Gasteiger partial charge in [0.15, 0.2) is 0 Å². The molecule has 2 rings (SSSR count). The first-order valence-electron chi connectivity index (χ1n) is 4.28. The van der Waals surface area contributed by atoms with Gasteiger partial charge in [0.05, 0.1) is 7.11 Å². The summed E-state index contributed by atoms with van der Waals surface area (Å²) in [5.41, 5.74) is 0. The Balaban J connectivity index is 2.30. The van der Waals surface area contributed by atoms with Crippen LogP contribution in [0.4, 0.5) is 0 Å². The molecule has 70 valence electrons. The fourth-order valence-electron chi connectivity index (χ4n) is 1.66. The molecule has 1 aliphatic heterocycles. The summed E-state index contributed by atoms with van der Waals surface area (Å²) in [6.45, 7) is 0.850. The number of fused-ring (bicyclic) bond motifs is 1. The average Bonchev–Trinajstić information content (AvgIpc) is 2.63. The minimum atomic E-state index is -0.221. The summed E-state index contributed by atoms with van der Waals surface area (Å²) in [6, 6.07) is 0. The molecule has 5 nitrogen and oxygen atoms in total. The molecule has 2 heterocycles. The number of nitrogens with zero attached hydrogens (tertiary/aromatic N) is 3. The van der Waals surface area contributed by atoms with Crippen LogP contribution in [0.3, 0.4) is 0 Å². The number of methoxy groups -OCH3 is 1. The second-order valence-corrected chi connectivity index (χ2v) is 3.06. The summed E-state index contributed by atoms with van der Waals surface area (Å²) >= 11 is 0. The van der Waals surface area contributed by atoms with Crippen LogP contribution in [0.2, 0.25) is 0 Å². The Labute approximate surface area is 75.7 Å². The van der Waals surface area contributed by atoms with E-state index in [1.54, 1.807) is 4.68 Å². The fraction of sp³-hybridized carbons (Fsp3) is 0.625. The van der Waals surface area contributed by atoms with Crippen molar-refractivity contribution in [2.24, 2.45) is 0 Å². The lowest BCUT2D eigenvalue weighted by Crippen LogP contribution is -2.24. The highest BCUT2D eigenvalue weighted by Crippen LogP contribution is 2.25. The van der Waals surface area contributed by atoms with Gasteiger partial charge < -0.3 is 4.74 Å². The van der Waals surface area contributed by atoms with Crippen LogP contribution in [0, 0.1) is 0 Å². The number of carbonyl (C=O) groups is 1. The highest BCUT2D eigenvalue weighted by atomic mass is 16.5. The van der Waals surface area contributed by atoms with Crippen LogP contribution >= 0.6 is 0 Å². The molecule has 1 aromatic rings. The van der Waals surface area contributed by atoms with E-state index >= 15 is 0 Å². The molecule has 1 aliphatic rings. The van der Waals surface area contributed by atoms with E-state index < -0.39 is 0 Å². The van der Waals surface area contributed by atoms with Crippen molar-refractivity contribution in [1.29, 1.82) is 0 Å². The zero-order valence-corrected chi connectivity index (χ0v) is 7.43. The zero-order chi connectivity index (χ0) is 9.26. The fourth-order valence-corrected chi connectivity index (χ4v) is 1.66. The molecule has 0 N–H and O–H groups in total. The van der Waals surface area contributed by atoms with Gasteiger partial charge in [-0.15, -0.1) is 0 Å². The molecule has 0 fully saturated rings. The van der Waals surface area contributed by atoms with Crippen LogP contribution in [-0.2, 0) is 16.1 Å². The predicted octanol–water partition coefficient (Wildman–Crippen LogP) is 0.328. The third-order valence-corrected chi connectivity index (χ3v) is 2.31. The van der Waals surface area contributed by atoms with Gasteiger partial charge in [0, 0.05) is 6.54 Å². The molecule has 1 unspecified atom stereocenters. The molecule has 13 heavy (non-hydrogen) atoms. The van der Waals surface area contributed by atoms with E-state index in [-0.39, 0.29) is 11.9 Å². The Bertz CT molecular complexity index is 321. The first kappa shape index (κ1) is 8.22. The topological polar surface area (TPSA) is 57.0 Å². The number of aromatic nitrogens is 3. The third-order valence-electron chi connectivity index (χ3n) is 2.31. The summed E-state index contributed by atoms with van der Waals surface area (Å²) < 4.78 is 6.46. The lowest BCUT2D eigenvalue weighted by molar-refractivity contribution is -0.143. The van der Waals surface area contributed by atoms with Crippen molar-refractivity contribution in [2.45, 2.75) is 25.3 Å². The van der Waals surface area contributed by atoms with Crippen molar-refractivity contribution in [2.75, 3.05) is 7.11 Å². The molecule has 1 aromatic heterocycles. The maximum atomic E-state index is 11.3. The van der Waals surface area contributed by atoms with E-state index in [1.165, 1.54) is 13.4 Å². The molecular formula is C8H11N3O2. The summed E-state index contributed by atoms with van der Waals surface area (Å²) in [7, 11) is 1.40. The standard InChI is InChI=1S/C8H11N3O2/c1-13-8(12)6-3-2-4-11-7(6)9-5-10-11/h5-6H,2-4H2,1H3. The van der Waals surface area contributed by atoms with Crippen molar-refractivity contribution >= 4 is 5.97 Å². The summed E-state index contributed by atoms with van der Waals surface area (Å²) in [5, 5.41) is 4.02. The van der Waals surface area contributed by atoms with E-state index in [2.05, 4.69) is 10.1 Å². The predicted molar refractivity (Wildman–Crippen MR) is 44.0 cm³/mol. The van der Waals surface area contributed by atoms with E-state index in [0.29, 0.717) is 0 Å². The third kappa shape index (κ3) is 1.30. The number of rotatable bonds is 1. The van der Waals surface area contributed by atoms with Gasteiger partial charge in [-0.3, -0.25) is 4.79 Å². The van der Waals surface area contributed by atoms with E-state index in [4.69, 9.17) is 4.74 Å². The zero-order valence-electron chi connectivity index (χ0n) is 7.43. The second-order valence-electron chi connectivity index (χ2n) is 3.06. The molecule has 0 saturated heterocycles. The van der Waals surface area contributed by atoms with Gasteiger partial charge in [-0.1, -0.05) is 0 Å². The SMILES string of the molecule is COC(=O)C1CCCn2ncnc21. The van der Waals surface area contributed by atoms with Crippen LogP contribution in [-0.4, -0.2) is 27.8 Å². The van der Waals surface area contributed by atoms with Crippen LogP contribution in [0.1, 0.15) is 24.6 Å². The smallest absolute Gasteiger partial charge is 0.316 e. The van der Waals surface area contributed by atoms with Crippen molar-refractivity contribution in [3.8, 4) is 0 Å². The second kappa shape index (κ2) is 3.16. The Kier molecular flexibility index (Phi) is 2.00. The first-order valence-corrected chi connectivity index (χ1v) is 4.28. The van der Waals surface area contributed by atoms with Crippen LogP contribution in [0.25, 0.3) is 0 Å². The Morgan fingerprint density at radius 1 is 1.77 bits per heavy atom. The van der Waals surface area contributed by atoms with Gasteiger partial charge in [-0.25, -0.2) is 9.67 Å². The van der Waals surface area contributed by atoms with Gasteiger partial charge in [0.25, 0.3) is 0 Å². The van der Waals surface area contributed by atoms with Crippen molar-refractivity contribution in [3.05, 3.63) is 12.2 Å². The molecule has 5 heteroatoms. The quantitative estimate of drug-likeness (QED) is 0.586. The van der Waals surface area contributed by atoms with Gasteiger partial charge in [-0.2, -0.15) is 5.10 Å². The Hall–Kier alpha value is -1.39. The van der Waals surface area contributed by atoms with Crippen molar-refractivity contribution < 1.29 is 9.53 Å². The maximum Gasteiger partial charge on any atom is 0.316 e. The number of ether oxygens (including phenoxy) is 1. The molecule has 0 spiro atoms. The summed E-state index contributed by atoms with van der Waals surface area (Å²) in [5.74, 6) is 0.299. The summed E-state index contributed by atoms with van der Waals surface area (Å²) in [6.07, 6.45) is 3.25. The number of hydrogen-bond donors (Lipinski definition) is 0.